The van der Waals surface area contributed by atoms with Crippen LogP contribution in [0.25, 0.3) is 0 Å². The standard InChI is InChI=1S/C11H13NO4S/c1-2-15-11(14)8-6-17-10(12-8)9-5-7(13)3-4-16-9/h6,9H,2-5H2,1H3/t9-/m1/s1. The molecule has 5 nitrogen and oxygen atoms in total. The van der Waals surface area contributed by atoms with Crippen LogP contribution in [-0.4, -0.2) is 30.0 Å². The summed E-state index contributed by atoms with van der Waals surface area (Å²) in [6.45, 7) is 2.50. The van der Waals surface area contributed by atoms with E-state index in [0.29, 0.717) is 31.1 Å². The number of hydrogen-bond donors (Lipinski definition) is 0. The maximum Gasteiger partial charge on any atom is 0.357 e. The molecule has 0 aliphatic carbocycles. The molecule has 2 rings (SSSR count). The predicted octanol–water partition coefficient (Wildman–Crippen LogP) is 1.74. The van der Waals surface area contributed by atoms with E-state index in [1.54, 1.807) is 12.3 Å². The first kappa shape index (κ1) is 12.2. The van der Waals surface area contributed by atoms with E-state index in [2.05, 4.69) is 4.98 Å². The van der Waals surface area contributed by atoms with Crippen molar-refractivity contribution in [3.8, 4) is 0 Å². The number of esters is 1. The van der Waals surface area contributed by atoms with Crippen molar-refractivity contribution in [3.63, 3.8) is 0 Å². The summed E-state index contributed by atoms with van der Waals surface area (Å²) in [6.07, 6.45) is 0.506. The van der Waals surface area contributed by atoms with Crippen LogP contribution in [0.4, 0.5) is 0 Å². The predicted molar refractivity (Wildman–Crippen MR) is 61.0 cm³/mol. The smallest absolute Gasteiger partial charge is 0.357 e. The number of carbonyl (C=O) groups excluding carboxylic acids is 2. The molecule has 1 aliphatic heterocycles. The van der Waals surface area contributed by atoms with Gasteiger partial charge in [0.1, 0.15) is 16.9 Å². The zero-order valence-electron chi connectivity index (χ0n) is 9.47. The van der Waals surface area contributed by atoms with E-state index < -0.39 is 5.97 Å². The molecule has 92 valence electrons. The van der Waals surface area contributed by atoms with E-state index in [9.17, 15) is 9.59 Å². The molecular formula is C11H13NO4S. The number of carbonyl (C=O) groups is 2. The Balaban J connectivity index is 2.07. The molecule has 1 aromatic rings. The van der Waals surface area contributed by atoms with E-state index in [1.165, 1.54) is 11.3 Å². The van der Waals surface area contributed by atoms with E-state index in [-0.39, 0.29) is 17.6 Å². The minimum Gasteiger partial charge on any atom is -0.461 e. The maximum atomic E-state index is 11.4. The van der Waals surface area contributed by atoms with Gasteiger partial charge in [0.25, 0.3) is 0 Å². The van der Waals surface area contributed by atoms with Gasteiger partial charge in [0.2, 0.25) is 0 Å². The molecule has 0 bridgehead atoms. The first-order valence-corrected chi connectivity index (χ1v) is 6.34. The molecule has 0 radical (unpaired) electrons. The van der Waals surface area contributed by atoms with Crippen LogP contribution in [0.3, 0.4) is 0 Å². The molecule has 1 atom stereocenters. The van der Waals surface area contributed by atoms with Crippen LogP contribution in [-0.2, 0) is 14.3 Å². The summed E-state index contributed by atoms with van der Waals surface area (Å²) in [5, 5.41) is 2.30. The third kappa shape index (κ3) is 2.89. The number of rotatable bonds is 3. The van der Waals surface area contributed by atoms with E-state index in [4.69, 9.17) is 9.47 Å². The Kier molecular flexibility index (Phi) is 3.86. The van der Waals surface area contributed by atoms with Gasteiger partial charge in [-0.1, -0.05) is 0 Å². The molecule has 0 saturated carbocycles. The molecule has 1 aromatic heterocycles. The summed E-state index contributed by atoms with van der Waals surface area (Å²) in [6, 6.07) is 0. The van der Waals surface area contributed by atoms with Crippen molar-refractivity contribution in [2.75, 3.05) is 13.2 Å². The van der Waals surface area contributed by atoms with E-state index in [0.717, 1.165) is 0 Å². The number of Topliss-reactive ketones (excluding diaryl/α,β-unsaturated/α-hetero) is 1. The van der Waals surface area contributed by atoms with Crippen LogP contribution in [0, 0.1) is 0 Å². The quantitative estimate of drug-likeness (QED) is 0.770. The summed E-state index contributed by atoms with van der Waals surface area (Å²) in [5.74, 6) is -0.258. The molecule has 6 heteroatoms. The number of aromatic nitrogens is 1. The van der Waals surface area contributed by atoms with Crippen molar-refractivity contribution in [1.29, 1.82) is 0 Å². The van der Waals surface area contributed by atoms with Crippen molar-refractivity contribution in [1.82, 2.24) is 4.98 Å². The number of nitrogens with zero attached hydrogens (tertiary/aromatic N) is 1. The molecule has 0 N–H and O–H groups in total. The van der Waals surface area contributed by atoms with Crippen LogP contribution >= 0.6 is 11.3 Å². The van der Waals surface area contributed by atoms with Gasteiger partial charge >= 0.3 is 5.97 Å². The zero-order chi connectivity index (χ0) is 12.3. The fourth-order valence-corrected chi connectivity index (χ4v) is 2.41. The lowest BCUT2D eigenvalue weighted by atomic mass is 10.1. The molecule has 0 aromatic carbocycles. The zero-order valence-corrected chi connectivity index (χ0v) is 10.3. The first-order chi connectivity index (χ1) is 8.20. The molecule has 1 saturated heterocycles. The lowest BCUT2D eigenvalue weighted by Crippen LogP contribution is -2.19. The van der Waals surface area contributed by atoms with Crippen LogP contribution in [0.15, 0.2) is 5.38 Å². The van der Waals surface area contributed by atoms with Crippen molar-refractivity contribution >= 4 is 23.1 Å². The molecule has 1 aliphatic rings. The van der Waals surface area contributed by atoms with Crippen LogP contribution in [0.1, 0.15) is 41.4 Å². The lowest BCUT2D eigenvalue weighted by Gasteiger charge is -2.19. The highest BCUT2D eigenvalue weighted by Gasteiger charge is 2.25. The van der Waals surface area contributed by atoms with Gasteiger partial charge in [-0.05, 0) is 6.92 Å². The van der Waals surface area contributed by atoms with Gasteiger partial charge in [-0.25, -0.2) is 9.78 Å². The Morgan fingerprint density at radius 1 is 1.71 bits per heavy atom. The van der Waals surface area contributed by atoms with Gasteiger partial charge in [0.15, 0.2) is 5.69 Å². The van der Waals surface area contributed by atoms with Crippen LogP contribution in [0.2, 0.25) is 0 Å². The summed E-state index contributed by atoms with van der Waals surface area (Å²) in [4.78, 5) is 26.9. The summed E-state index contributed by atoms with van der Waals surface area (Å²) < 4.78 is 10.3. The topological polar surface area (TPSA) is 65.5 Å². The molecule has 1 fully saturated rings. The van der Waals surface area contributed by atoms with Gasteiger partial charge < -0.3 is 9.47 Å². The third-order valence-corrected chi connectivity index (χ3v) is 3.33. The van der Waals surface area contributed by atoms with Crippen molar-refractivity contribution in [2.45, 2.75) is 25.9 Å². The summed E-state index contributed by atoms with van der Waals surface area (Å²) in [5.41, 5.74) is 0.286. The summed E-state index contributed by atoms with van der Waals surface area (Å²) in [7, 11) is 0. The highest BCUT2D eigenvalue weighted by atomic mass is 32.1. The van der Waals surface area contributed by atoms with Crippen LogP contribution in [0.5, 0.6) is 0 Å². The minimum atomic E-state index is -0.433. The highest BCUT2D eigenvalue weighted by Crippen LogP contribution is 2.28. The van der Waals surface area contributed by atoms with Gasteiger partial charge in [0, 0.05) is 18.2 Å². The van der Waals surface area contributed by atoms with E-state index >= 15 is 0 Å². The fraction of sp³-hybridized carbons (Fsp3) is 0.545. The van der Waals surface area contributed by atoms with Gasteiger partial charge in [-0.2, -0.15) is 0 Å². The second-order valence-corrected chi connectivity index (χ2v) is 4.53. The maximum absolute atomic E-state index is 11.4. The van der Waals surface area contributed by atoms with Crippen molar-refractivity contribution in [3.05, 3.63) is 16.1 Å². The first-order valence-electron chi connectivity index (χ1n) is 5.46. The number of thiazole rings is 1. The minimum absolute atomic E-state index is 0.175. The number of hydrogen-bond acceptors (Lipinski definition) is 6. The van der Waals surface area contributed by atoms with Gasteiger partial charge in [0.05, 0.1) is 13.2 Å². The Morgan fingerprint density at radius 3 is 3.24 bits per heavy atom. The lowest BCUT2D eigenvalue weighted by molar-refractivity contribution is -0.128. The second kappa shape index (κ2) is 5.37. The highest BCUT2D eigenvalue weighted by molar-refractivity contribution is 7.09. The Hall–Kier alpha value is -1.27. The monoisotopic (exact) mass is 255 g/mol. The Bertz CT molecular complexity index is 429. The fourth-order valence-electron chi connectivity index (χ4n) is 1.58. The SMILES string of the molecule is CCOC(=O)c1csc([C@H]2CC(=O)CCO2)n1. The van der Waals surface area contributed by atoms with Crippen LogP contribution < -0.4 is 0 Å². The van der Waals surface area contributed by atoms with Crippen molar-refractivity contribution < 1.29 is 19.1 Å². The molecular weight excluding hydrogens is 242 g/mol. The largest absolute Gasteiger partial charge is 0.461 e. The summed E-state index contributed by atoms with van der Waals surface area (Å²) >= 11 is 1.32. The van der Waals surface area contributed by atoms with Gasteiger partial charge in [-0.3, -0.25) is 4.79 Å². The Labute approximate surface area is 103 Å². The average molecular weight is 255 g/mol. The molecule has 17 heavy (non-hydrogen) atoms. The average Bonchev–Trinajstić information content (AvgIpc) is 2.78. The molecule has 0 amide bonds. The number of ketones is 1. The van der Waals surface area contributed by atoms with Gasteiger partial charge in [-0.15, -0.1) is 11.3 Å². The normalized spacial score (nSPS) is 20.3. The molecule has 0 spiro atoms. The Morgan fingerprint density at radius 2 is 2.53 bits per heavy atom. The molecule has 0 unspecified atom stereocenters. The van der Waals surface area contributed by atoms with Crippen molar-refractivity contribution in [2.24, 2.45) is 0 Å². The number of ether oxygens (including phenoxy) is 2. The second-order valence-electron chi connectivity index (χ2n) is 3.64. The third-order valence-electron chi connectivity index (χ3n) is 2.39. The van der Waals surface area contributed by atoms with E-state index in [1.807, 2.05) is 0 Å². The molecule has 2 heterocycles.